The van der Waals surface area contributed by atoms with Crippen LogP contribution in [0.1, 0.15) is 27.7 Å². The van der Waals surface area contributed by atoms with Gasteiger partial charge in [0.1, 0.15) is 12.7 Å². The molecule has 0 aliphatic carbocycles. The van der Waals surface area contributed by atoms with Crippen LogP contribution in [-0.2, 0) is 9.53 Å². The van der Waals surface area contributed by atoms with Gasteiger partial charge < -0.3 is 19.5 Å². The van der Waals surface area contributed by atoms with E-state index in [2.05, 4.69) is 5.32 Å². The fourth-order valence-corrected chi connectivity index (χ4v) is 1.76. The van der Waals surface area contributed by atoms with Gasteiger partial charge >= 0.3 is 5.97 Å². The number of carbonyl (C=O) groups excluding carboxylic acids is 1. The smallest absolute Gasteiger partial charge is 0.303 e. The zero-order chi connectivity index (χ0) is 15.7. The quantitative estimate of drug-likeness (QED) is 0.709. The van der Waals surface area contributed by atoms with Crippen LogP contribution in [0.3, 0.4) is 0 Å². The lowest BCUT2D eigenvalue weighted by Gasteiger charge is -2.20. The van der Waals surface area contributed by atoms with Crippen LogP contribution in [0.5, 0.6) is 11.5 Å². The van der Waals surface area contributed by atoms with Crippen LogP contribution < -0.4 is 14.8 Å². The molecule has 0 bridgehead atoms. The first-order valence-corrected chi connectivity index (χ1v) is 7.28. The van der Waals surface area contributed by atoms with Crippen LogP contribution in [0.15, 0.2) is 24.3 Å². The van der Waals surface area contributed by atoms with Gasteiger partial charge in [-0.2, -0.15) is 0 Å². The highest BCUT2D eigenvalue weighted by Crippen LogP contribution is 2.26. The minimum atomic E-state index is -0.334. The molecule has 1 aromatic rings. The van der Waals surface area contributed by atoms with Gasteiger partial charge in [0.05, 0.1) is 6.61 Å². The molecule has 118 valence electrons. The Hall–Kier alpha value is -1.75. The summed E-state index contributed by atoms with van der Waals surface area (Å²) in [6.45, 7) is 8.80. The van der Waals surface area contributed by atoms with Gasteiger partial charge in [-0.3, -0.25) is 4.79 Å². The van der Waals surface area contributed by atoms with Crippen molar-refractivity contribution in [1.29, 1.82) is 0 Å². The summed E-state index contributed by atoms with van der Waals surface area (Å²) in [5, 5.41) is 3.24. The van der Waals surface area contributed by atoms with Crippen LogP contribution in [0.4, 0.5) is 0 Å². The molecule has 1 atom stereocenters. The first kappa shape index (κ1) is 17.3. The van der Waals surface area contributed by atoms with E-state index in [0.29, 0.717) is 30.7 Å². The van der Waals surface area contributed by atoms with Crippen LogP contribution >= 0.6 is 0 Å². The van der Waals surface area contributed by atoms with Gasteiger partial charge in [-0.15, -0.1) is 0 Å². The molecular formula is C16H25NO4. The molecule has 0 spiro atoms. The van der Waals surface area contributed by atoms with Crippen molar-refractivity contribution in [1.82, 2.24) is 5.32 Å². The highest BCUT2D eigenvalue weighted by Gasteiger charge is 2.15. The normalized spacial score (nSPS) is 12.0. The van der Waals surface area contributed by atoms with Crippen molar-refractivity contribution in [3.8, 4) is 11.5 Å². The molecule has 1 N–H and O–H groups in total. The highest BCUT2D eigenvalue weighted by molar-refractivity contribution is 5.66. The van der Waals surface area contributed by atoms with Crippen molar-refractivity contribution < 1.29 is 19.0 Å². The van der Waals surface area contributed by atoms with Crippen LogP contribution in [0.25, 0.3) is 0 Å². The molecule has 0 aliphatic rings. The van der Waals surface area contributed by atoms with Gasteiger partial charge in [-0.1, -0.05) is 26.0 Å². The summed E-state index contributed by atoms with van der Waals surface area (Å²) in [6, 6.07) is 7.78. The fraction of sp³-hybridized carbons (Fsp3) is 0.562. The number of rotatable bonds is 9. The van der Waals surface area contributed by atoms with Gasteiger partial charge in [0.15, 0.2) is 11.5 Å². The molecule has 1 unspecified atom stereocenters. The molecule has 5 nitrogen and oxygen atoms in total. The van der Waals surface area contributed by atoms with Crippen molar-refractivity contribution in [2.45, 2.75) is 39.8 Å². The van der Waals surface area contributed by atoms with E-state index in [-0.39, 0.29) is 18.7 Å². The Kier molecular flexibility index (Phi) is 7.61. The molecule has 0 aromatic heterocycles. The van der Waals surface area contributed by atoms with E-state index >= 15 is 0 Å². The number of carbonyl (C=O) groups is 1. The number of benzene rings is 1. The van der Waals surface area contributed by atoms with Crippen LogP contribution in [-0.4, -0.2) is 37.9 Å². The molecule has 0 fully saturated rings. The zero-order valence-electron chi connectivity index (χ0n) is 13.2. The molecule has 5 heteroatoms. The molecule has 0 amide bonds. The lowest BCUT2D eigenvalue weighted by Crippen LogP contribution is -2.38. The Labute approximate surface area is 126 Å². The first-order valence-electron chi connectivity index (χ1n) is 7.28. The summed E-state index contributed by atoms with van der Waals surface area (Å²) in [6.07, 6.45) is -0.334. The van der Waals surface area contributed by atoms with Crippen molar-refractivity contribution in [3.63, 3.8) is 0 Å². The predicted octanol–water partition coefficient (Wildman–Crippen LogP) is 2.39. The molecule has 0 saturated carbocycles. The standard InChI is InChI=1S/C16H25NO4/c1-5-19-15-8-6-7-9-16(15)20-11-14(21-13(4)18)10-17-12(2)3/h6-9,12,14,17H,5,10-11H2,1-4H3. The third kappa shape index (κ3) is 6.99. The lowest BCUT2D eigenvalue weighted by atomic mass is 10.3. The van der Waals surface area contributed by atoms with Gasteiger partial charge in [-0.25, -0.2) is 0 Å². The minimum absolute atomic E-state index is 0.281. The van der Waals surface area contributed by atoms with Gasteiger partial charge in [0.2, 0.25) is 0 Å². The topological polar surface area (TPSA) is 56.8 Å². The number of para-hydroxylation sites is 2. The lowest BCUT2D eigenvalue weighted by molar-refractivity contribution is -0.147. The number of hydrogen-bond acceptors (Lipinski definition) is 5. The van der Waals surface area contributed by atoms with E-state index in [1.165, 1.54) is 6.92 Å². The summed E-state index contributed by atoms with van der Waals surface area (Å²) < 4.78 is 16.5. The summed E-state index contributed by atoms with van der Waals surface area (Å²) in [5.41, 5.74) is 0. The predicted molar refractivity (Wildman–Crippen MR) is 81.8 cm³/mol. The molecule has 21 heavy (non-hydrogen) atoms. The maximum Gasteiger partial charge on any atom is 0.303 e. The third-order valence-corrected chi connectivity index (χ3v) is 2.66. The van der Waals surface area contributed by atoms with Crippen LogP contribution in [0.2, 0.25) is 0 Å². The van der Waals surface area contributed by atoms with E-state index < -0.39 is 0 Å². The second-order valence-corrected chi connectivity index (χ2v) is 4.99. The van der Waals surface area contributed by atoms with E-state index in [9.17, 15) is 4.79 Å². The Bertz CT molecular complexity index is 434. The first-order chi connectivity index (χ1) is 10.0. The number of nitrogens with one attached hydrogen (secondary N) is 1. The average Bonchev–Trinajstić information content (AvgIpc) is 2.43. The maximum absolute atomic E-state index is 11.1. The molecule has 1 aromatic carbocycles. The third-order valence-electron chi connectivity index (χ3n) is 2.66. The number of esters is 1. The van der Waals surface area contributed by atoms with Crippen molar-refractivity contribution in [2.24, 2.45) is 0 Å². The number of ether oxygens (including phenoxy) is 3. The molecule has 0 radical (unpaired) electrons. The Morgan fingerprint density at radius 2 is 1.81 bits per heavy atom. The van der Waals surface area contributed by atoms with E-state index in [1.807, 2.05) is 45.0 Å². The summed E-state index contributed by atoms with van der Waals surface area (Å²) in [5.74, 6) is 1.03. The van der Waals surface area contributed by atoms with Gasteiger partial charge in [0.25, 0.3) is 0 Å². The van der Waals surface area contributed by atoms with Gasteiger partial charge in [-0.05, 0) is 19.1 Å². The fourth-order valence-electron chi connectivity index (χ4n) is 1.76. The zero-order valence-corrected chi connectivity index (χ0v) is 13.2. The second-order valence-electron chi connectivity index (χ2n) is 4.99. The largest absolute Gasteiger partial charge is 0.490 e. The highest BCUT2D eigenvalue weighted by atomic mass is 16.6. The van der Waals surface area contributed by atoms with Crippen molar-refractivity contribution in [2.75, 3.05) is 19.8 Å². The van der Waals surface area contributed by atoms with E-state index in [0.717, 1.165) is 0 Å². The summed E-state index contributed by atoms with van der Waals surface area (Å²) in [7, 11) is 0. The SMILES string of the molecule is CCOc1ccccc1OCC(CNC(C)C)OC(C)=O. The average molecular weight is 295 g/mol. The Morgan fingerprint density at radius 3 is 2.33 bits per heavy atom. The van der Waals surface area contributed by atoms with Gasteiger partial charge in [0, 0.05) is 19.5 Å². The molecule has 0 heterocycles. The van der Waals surface area contributed by atoms with E-state index in [4.69, 9.17) is 14.2 Å². The Morgan fingerprint density at radius 1 is 1.19 bits per heavy atom. The Balaban J connectivity index is 2.60. The van der Waals surface area contributed by atoms with Crippen molar-refractivity contribution >= 4 is 5.97 Å². The molecular weight excluding hydrogens is 270 g/mol. The summed E-state index contributed by atoms with van der Waals surface area (Å²) in [4.78, 5) is 11.1. The van der Waals surface area contributed by atoms with Crippen molar-refractivity contribution in [3.05, 3.63) is 24.3 Å². The monoisotopic (exact) mass is 295 g/mol. The summed E-state index contributed by atoms with van der Waals surface area (Å²) >= 11 is 0. The molecule has 0 saturated heterocycles. The van der Waals surface area contributed by atoms with Crippen LogP contribution in [0, 0.1) is 0 Å². The molecule has 1 rings (SSSR count). The minimum Gasteiger partial charge on any atom is -0.490 e. The second kappa shape index (κ2) is 9.23. The maximum atomic E-state index is 11.1. The number of hydrogen-bond donors (Lipinski definition) is 1. The van der Waals surface area contributed by atoms with E-state index in [1.54, 1.807) is 0 Å². The molecule has 0 aliphatic heterocycles.